The average Bonchev–Trinajstić information content (AvgIpc) is 2.67. The molecule has 27 heavy (non-hydrogen) atoms. The van der Waals surface area contributed by atoms with E-state index in [2.05, 4.69) is 5.32 Å². The maximum absolute atomic E-state index is 12.8. The zero-order chi connectivity index (χ0) is 19.6. The highest BCUT2D eigenvalue weighted by atomic mass is 19.1. The highest BCUT2D eigenvalue weighted by Gasteiger charge is 2.21. The van der Waals surface area contributed by atoms with Crippen molar-refractivity contribution in [3.05, 3.63) is 66.0 Å². The Morgan fingerprint density at radius 2 is 1.74 bits per heavy atom. The molecule has 0 unspecified atom stereocenters. The van der Waals surface area contributed by atoms with Crippen molar-refractivity contribution in [2.75, 3.05) is 6.61 Å². The van der Waals surface area contributed by atoms with Crippen molar-refractivity contribution in [2.45, 2.75) is 38.8 Å². The zero-order valence-corrected chi connectivity index (χ0v) is 15.5. The number of amides is 1. The van der Waals surface area contributed by atoms with Crippen LogP contribution in [-0.4, -0.2) is 24.6 Å². The Morgan fingerprint density at radius 3 is 2.37 bits per heavy atom. The van der Waals surface area contributed by atoms with Gasteiger partial charge in [0.1, 0.15) is 11.6 Å². The molecule has 2 atom stereocenters. The second kappa shape index (κ2) is 10.3. The summed E-state index contributed by atoms with van der Waals surface area (Å²) >= 11 is 0. The van der Waals surface area contributed by atoms with E-state index in [1.807, 2.05) is 37.3 Å². The predicted octanol–water partition coefficient (Wildman–Crippen LogP) is 3.79. The summed E-state index contributed by atoms with van der Waals surface area (Å²) in [5, 5.41) is 2.92. The van der Waals surface area contributed by atoms with Crippen molar-refractivity contribution in [2.24, 2.45) is 0 Å². The van der Waals surface area contributed by atoms with Crippen molar-refractivity contribution in [3.8, 4) is 5.75 Å². The fraction of sp³-hybridized carbons (Fsp3) is 0.333. The smallest absolute Gasteiger partial charge is 0.344 e. The molecule has 0 bridgehead atoms. The van der Waals surface area contributed by atoms with E-state index in [1.165, 1.54) is 31.2 Å². The molecule has 0 saturated heterocycles. The van der Waals surface area contributed by atoms with E-state index in [4.69, 9.17) is 9.47 Å². The second-order valence-electron chi connectivity index (χ2n) is 6.14. The van der Waals surface area contributed by atoms with E-state index in [0.29, 0.717) is 5.75 Å². The first-order valence-corrected chi connectivity index (χ1v) is 8.92. The Hall–Kier alpha value is -2.89. The molecular formula is C21H24FNO4. The number of benzene rings is 2. The summed E-state index contributed by atoms with van der Waals surface area (Å²) in [7, 11) is 0. The Morgan fingerprint density at radius 1 is 1.07 bits per heavy atom. The molecule has 2 rings (SSSR count). The van der Waals surface area contributed by atoms with Gasteiger partial charge in [-0.2, -0.15) is 0 Å². The van der Waals surface area contributed by atoms with Crippen molar-refractivity contribution in [1.29, 1.82) is 0 Å². The highest BCUT2D eigenvalue weighted by molar-refractivity contribution is 5.84. The summed E-state index contributed by atoms with van der Waals surface area (Å²) in [6.07, 6.45) is 0.737. The van der Waals surface area contributed by atoms with Gasteiger partial charge in [-0.15, -0.1) is 0 Å². The standard InChI is InChI=1S/C21H24FNO4/c1-3-7-19(16-8-5-4-6-9-16)23-21(25)15(2)27-20(24)14-26-18-12-10-17(22)11-13-18/h4-6,8-13,15,19H,3,7,14H2,1-2H3,(H,23,25)/t15-,19+/m0/s1. The molecule has 1 amide bonds. The third-order valence-electron chi connectivity index (χ3n) is 3.94. The Bertz CT molecular complexity index is 734. The number of carbonyl (C=O) groups is 2. The van der Waals surface area contributed by atoms with Gasteiger partial charge < -0.3 is 14.8 Å². The van der Waals surface area contributed by atoms with Gasteiger partial charge in [0.25, 0.3) is 5.91 Å². The van der Waals surface area contributed by atoms with E-state index < -0.39 is 17.9 Å². The summed E-state index contributed by atoms with van der Waals surface area (Å²) < 4.78 is 23.2. The van der Waals surface area contributed by atoms with Crippen LogP contribution in [0.4, 0.5) is 4.39 Å². The first kappa shape index (κ1) is 20.4. The van der Waals surface area contributed by atoms with Crippen molar-refractivity contribution >= 4 is 11.9 Å². The van der Waals surface area contributed by atoms with Gasteiger partial charge in [-0.05, 0) is 43.2 Å². The first-order chi connectivity index (χ1) is 13.0. The number of hydrogen-bond acceptors (Lipinski definition) is 4. The number of ether oxygens (including phenoxy) is 2. The Balaban J connectivity index is 1.84. The minimum absolute atomic E-state index is 0.139. The lowest BCUT2D eigenvalue weighted by atomic mass is 10.0. The number of esters is 1. The molecule has 0 radical (unpaired) electrons. The normalized spacial score (nSPS) is 12.7. The quantitative estimate of drug-likeness (QED) is 0.679. The second-order valence-corrected chi connectivity index (χ2v) is 6.14. The number of rotatable bonds is 9. The fourth-order valence-electron chi connectivity index (χ4n) is 2.54. The molecule has 2 aromatic rings. The monoisotopic (exact) mass is 373 g/mol. The molecule has 0 aliphatic carbocycles. The van der Waals surface area contributed by atoms with Gasteiger partial charge in [-0.3, -0.25) is 4.79 Å². The lowest BCUT2D eigenvalue weighted by Gasteiger charge is -2.21. The third kappa shape index (κ3) is 6.73. The molecule has 0 aliphatic heterocycles. The molecule has 5 nitrogen and oxygen atoms in total. The predicted molar refractivity (Wildman–Crippen MR) is 99.7 cm³/mol. The van der Waals surface area contributed by atoms with Crippen molar-refractivity contribution < 1.29 is 23.5 Å². The molecule has 0 aromatic heterocycles. The Labute approximate surface area is 158 Å². The Kier molecular flexibility index (Phi) is 7.79. The van der Waals surface area contributed by atoms with Crippen LogP contribution in [0.25, 0.3) is 0 Å². The van der Waals surface area contributed by atoms with Crippen LogP contribution in [0.5, 0.6) is 5.75 Å². The van der Waals surface area contributed by atoms with E-state index >= 15 is 0 Å². The summed E-state index contributed by atoms with van der Waals surface area (Å²) in [4.78, 5) is 24.3. The van der Waals surface area contributed by atoms with Crippen LogP contribution < -0.4 is 10.1 Å². The zero-order valence-electron chi connectivity index (χ0n) is 15.5. The average molecular weight is 373 g/mol. The van der Waals surface area contributed by atoms with Gasteiger partial charge >= 0.3 is 5.97 Å². The molecule has 144 valence electrons. The number of nitrogens with one attached hydrogen (secondary N) is 1. The molecule has 6 heteroatoms. The van der Waals surface area contributed by atoms with Crippen LogP contribution in [0.2, 0.25) is 0 Å². The number of halogens is 1. The van der Waals surface area contributed by atoms with E-state index in [9.17, 15) is 14.0 Å². The number of hydrogen-bond donors (Lipinski definition) is 1. The summed E-state index contributed by atoms with van der Waals surface area (Å²) in [5.41, 5.74) is 1.01. The molecule has 0 aliphatic rings. The van der Waals surface area contributed by atoms with Crippen LogP contribution >= 0.6 is 0 Å². The van der Waals surface area contributed by atoms with Gasteiger partial charge in [-0.25, -0.2) is 9.18 Å². The van der Waals surface area contributed by atoms with Gasteiger partial charge in [0.15, 0.2) is 12.7 Å². The van der Waals surface area contributed by atoms with E-state index in [0.717, 1.165) is 18.4 Å². The minimum atomic E-state index is -0.947. The van der Waals surface area contributed by atoms with Crippen molar-refractivity contribution in [1.82, 2.24) is 5.32 Å². The van der Waals surface area contributed by atoms with E-state index in [1.54, 1.807) is 0 Å². The van der Waals surface area contributed by atoms with Crippen LogP contribution in [0.3, 0.4) is 0 Å². The maximum Gasteiger partial charge on any atom is 0.344 e. The number of carbonyl (C=O) groups excluding carboxylic acids is 2. The van der Waals surface area contributed by atoms with Gasteiger partial charge in [-0.1, -0.05) is 43.7 Å². The molecule has 1 N–H and O–H groups in total. The molecule has 0 spiro atoms. The first-order valence-electron chi connectivity index (χ1n) is 8.92. The lowest BCUT2D eigenvalue weighted by Crippen LogP contribution is -2.38. The van der Waals surface area contributed by atoms with Crippen LogP contribution in [0.15, 0.2) is 54.6 Å². The maximum atomic E-state index is 12.8. The van der Waals surface area contributed by atoms with Crippen LogP contribution in [0.1, 0.15) is 38.3 Å². The SMILES string of the molecule is CCC[C@@H](NC(=O)[C@H](C)OC(=O)COc1ccc(F)cc1)c1ccccc1. The molecule has 0 saturated carbocycles. The topological polar surface area (TPSA) is 64.6 Å². The summed E-state index contributed by atoms with van der Waals surface area (Å²) in [6.45, 7) is 3.19. The molecule has 0 heterocycles. The van der Waals surface area contributed by atoms with Crippen molar-refractivity contribution in [3.63, 3.8) is 0 Å². The van der Waals surface area contributed by atoms with Gasteiger partial charge in [0.2, 0.25) is 0 Å². The van der Waals surface area contributed by atoms with E-state index in [-0.39, 0.29) is 18.6 Å². The van der Waals surface area contributed by atoms with Gasteiger partial charge in [0, 0.05) is 0 Å². The summed E-state index contributed by atoms with van der Waals surface area (Å²) in [5.74, 6) is -1.09. The molecule has 2 aromatic carbocycles. The largest absolute Gasteiger partial charge is 0.482 e. The fourth-order valence-corrected chi connectivity index (χ4v) is 2.54. The molecule has 0 fully saturated rings. The summed E-state index contributed by atoms with van der Waals surface area (Å²) in [6, 6.07) is 14.8. The lowest BCUT2D eigenvalue weighted by molar-refractivity contribution is -0.156. The molecular weight excluding hydrogens is 349 g/mol. The third-order valence-corrected chi connectivity index (χ3v) is 3.94. The van der Waals surface area contributed by atoms with Crippen LogP contribution in [-0.2, 0) is 14.3 Å². The van der Waals surface area contributed by atoms with Gasteiger partial charge in [0.05, 0.1) is 6.04 Å². The highest BCUT2D eigenvalue weighted by Crippen LogP contribution is 2.18. The van der Waals surface area contributed by atoms with Crippen LogP contribution in [0, 0.1) is 5.82 Å². The minimum Gasteiger partial charge on any atom is -0.482 e.